The Morgan fingerprint density at radius 2 is 1.79 bits per heavy atom. The maximum atomic E-state index is 6.11. The predicted molar refractivity (Wildman–Crippen MR) is 81.9 cm³/mol. The first kappa shape index (κ1) is 14.2. The van der Waals surface area contributed by atoms with Gasteiger partial charge in [-0.1, -0.05) is 22.0 Å². The monoisotopic (exact) mass is 319 g/mol. The van der Waals surface area contributed by atoms with Gasteiger partial charge >= 0.3 is 0 Å². The second kappa shape index (κ2) is 5.02. The number of aryl methyl sites for hydroxylation is 2. The van der Waals surface area contributed by atoms with Crippen LogP contribution in [0.15, 0.2) is 28.7 Å². The molecule has 0 saturated carbocycles. The number of hydrogen-bond donors (Lipinski definition) is 1. The molecular formula is C15H18BrN3. The van der Waals surface area contributed by atoms with Crippen LogP contribution in [0.4, 0.5) is 0 Å². The third-order valence-electron chi connectivity index (χ3n) is 2.91. The van der Waals surface area contributed by atoms with Gasteiger partial charge < -0.3 is 5.73 Å². The van der Waals surface area contributed by atoms with Gasteiger partial charge in [0.2, 0.25) is 0 Å². The van der Waals surface area contributed by atoms with Gasteiger partial charge in [0.05, 0.1) is 11.2 Å². The van der Waals surface area contributed by atoms with Crippen molar-refractivity contribution in [1.29, 1.82) is 0 Å². The minimum atomic E-state index is -0.541. The Balaban J connectivity index is 2.63. The number of benzene rings is 1. The molecule has 0 aliphatic carbocycles. The van der Waals surface area contributed by atoms with Gasteiger partial charge in [-0.2, -0.15) is 0 Å². The summed E-state index contributed by atoms with van der Waals surface area (Å²) in [6.45, 7) is 7.87. The van der Waals surface area contributed by atoms with E-state index in [1.165, 1.54) is 5.56 Å². The summed E-state index contributed by atoms with van der Waals surface area (Å²) in [5.74, 6) is 0.668. The van der Waals surface area contributed by atoms with E-state index in [1.54, 1.807) is 0 Å². The van der Waals surface area contributed by atoms with Gasteiger partial charge in [0.1, 0.15) is 5.82 Å². The smallest absolute Gasteiger partial charge is 0.148 e. The fraction of sp³-hybridized carbons (Fsp3) is 0.333. The molecule has 0 unspecified atom stereocenters. The number of halogens is 1. The van der Waals surface area contributed by atoms with Crippen molar-refractivity contribution < 1.29 is 0 Å². The normalized spacial score (nSPS) is 11.7. The largest absolute Gasteiger partial charge is 0.319 e. The van der Waals surface area contributed by atoms with Crippen molar-refractivity contribution in [1.82, 2.24) is 9.97 Å². The molecule has 0 aliphatic rings. The Hall–Kier alpha value is -1.26. The van der Waals surface area contributed by atoms with Crippen LogP contribution in [0.3, 0.4) is 0 Å². The van der Waals surface area contributed by atoms with Gasteiger partial charge in [0.15, 0.2) is 0 Å². The SMILES string of the molecule is Cc1cc(-c2cc(Br)ccc2C)nc(C(C)(C)N)n1. The molecule has 0 radical (unpaired) electrons. The standard InChI is InChI=1S/C15H18BrN3/c1-9-5-6-11(16)8-12(9)13-7-10(2)18-14(19-13)15(3,4)17/h5-8H,17H2,1-4H3. The lowest BCUT2D eigenvalue weighted by Gasteiger charge is -2.18. The summed E-state index contributed by atoms with van der Waals surface area (Å²) in [7, 11) is 0. The second-order valence-corrected chi connectivity index (χ2v) is 6.31. The minimum absolute atomic E-state index is 0.541. The lowest BCUT2D eigenvalue weighted by atomic mass is 10.0. The van der Waals surface area contributed by atoms with Crippen LogP contribution in [0.2, 0.25) is 0 Å². The van der Waals surface area contributed by atoms with Crippen molar-refractivity contribution in [2.24, 2.45) is 5.73 Å². The molecule has 19 heavy (non-hydrogen) atoms. The molecule has 2 N–H and O–H groups in total. The Bertz CT molecular complexity index is 615. The molecular weight excluding hydrogens is 302 g/mol. The van der Waals surface area contributed by atoms with Gasteiger partial charge in [0, 0.05) is 15.7 Å². The highest BCUT2D eigenvalue weighted by molar-refractivity contribution is 9.10. The molecule has 1 aromatic heterocycles. The topological polar surface area (TPSA) is 51.8 Å². The zero-order valence-corrected chi connectivity index (χ0v) is 13.2. The molecule has 2 rings (SSSR count). The number of aromatic nitrogens is 2. The highest BCUT2D eigenvalue weighted by atomic mass is 79.9. The van der Waals surface area contributed by atoms with Gasteiger partial charge in [-0.3, -0.25) is 0 Å². The first-order valence-electron chi connectivity index (χ1n) is 6.19. The summed E-state index contributed by atoms with van der Waals surface area (Å²) in [6, 6.07) is 8.17. The van der Waals surface area contributed by atoms with Crippen molar-refractivity contribution >= 4 is 15.9 Å². The quantitative estimate of drug-likeness (QED) is 0.917. The van der Waals surface area contributed by atoms with Crippen molar-refractivity contribution in [3.63, 3.8) is 0 Å². The van der Waals surface area contributed by atoms with E-state index in [4.69, 9.17) is 5.73 Å². The van der Waals surface area contributed by atoms with Gasteiger partial charge in [-0.25, -0.2) is 9.97 Å². The van der Waals surface area contributed by atoms with Crippen molar-refractivity contribution in [3.8, 4) is 11.3 Å². The van der Waals surface area contributed by atoms with Gasteiger partial charge in [0.25, 0.3) is 0 Å². The molecule has 4 heteroatoms. The fourth-order valence-corrected chi connectivity index (χ4v) is 2.23. The van der Waals surface area contributed by atoms with E-state index < -0.39 is 5.54 Å². The zero-order valence-electron chi connectivity index (χ0n) is 11.7. The molecule has 0 fully saturated rings. The molecule has 0 spiro atoms. The van der Waals surface area contributed by atoms with Crippen molar-refractivity contribution in [3.05, 3.63) is 45.8 Å². The molecule has 0 amide bonds. The van der Waals surface area contributed by atoms with E-state index in [0.29, 0.717) is 5.82 Å². The van der Waals surface area contributed by atoms with Gasteiger partial charge in [-0.05, 0) is 51.5 Å². The van der Waals surface area contributed by atoms with Crippen LogP contribution in [0.5, 0.6) is 0 Å². The summed E-state index contributed by atoms with van der Waals surface area (Å²) in [6.07, 6.45) is 0. The van der Waals surface area contributed by atoms with Crippen LogP contribution >= 0.6 is 15.9 Å². The number of rotatable bonds is 2. The summed E-state index contributed by atoms with van der Waals surface area (Å²) < 4.78 is 1.04. The van der Waals surface area contributed by atoms with Crippen LogP contribution in [0.1, 0.15) is 30.9 Å². The molecule has 0 atom stereocenters. The molecule has 1 aromatic carbocycles. The average molecular weight is 320 g/mol. The van der Waals surface area contributed by atoms with Crippen LogP contribution in [0.25, 0.3) is 11.3 Å². The Kier molecular flexibility index (Phi) is 3.74. The number of hydrogen-bond acceptors (Lipinski definition) is 3. The highest BCUT2D eigenvalue weighted by Gasteiger charge is 2.19. The third kappa shape index (κ3) is 3.19. The Labute approximate surface area is 122 Å². The van der Waals surface area contributed by atoms with E-state index in [2.05, 4.69) is 45.0 Å². The molecule has 0 bridgehead atoms. The Morgan fingerprint density at radius 1 is 1.11 bits per heavy atom. The minimum Gasteiger partial charge on any atom is -0.319 e. The highest BCUT2D eigenvalue weighted by Crippen LogP contribution is 2.27. The zero-order chi connectivity index (χ0) is 14.2. The number of nitrogens with zero attached hydrogens (tertiary/aromatic N) is 2. The van der Waals surface area contributed by atoms with Crippen molar-refractivity contribution in [2.75, 3.05) is 0 Å². The van der Waals surface area contributed by atoms with Crippen LogP contribution in [0, 0.1) is 13.8 Å². The Morgan fingerprint density at radius 3 is 2.42 bits per heavy atom. The molecule has 0 saturated heterocycles. The first-order valence-corrected chi connectivity index (χ1v) is 6.98. The molecule has 0 aliphatic heterocycles. The number of nitrogens with two attached hydrogens (primary N) is 1. The average Bonchev–Trinajstić information content (AvgIpc) is 2.30. The lowest BCUT2D eigenvalue weighted by molar-refractivity contribution is 0.512. The molecule has 1 heterocycles. The summed E-state index contributed by atoms with van der Waals surface area (Å²) >= 11 is 3.50. The van der Waals surface area contributed by atoms with E-state index in [1.807, 2.05) is 32.9 Å². The van der Waals surface area contributed by atoms with Crippen molar-refractivity contribution in [2.45, 2.75) is 33.2 Å². The summed E-state index contributed by atoms with van der Waals surface area (Å²) in [4.78, 5) is 9.05. The van der Waals surface area contributed by atoms with E-state index >= 15 is 0 Å². The first-order chi connectivity index (χ1) is 8.77. The maximum Gasteiger partial charge on any atom is 0.148 e. The van der Waals surface area contributed by atoms with Crippen LogP contribution in [-0.4, -0.2) is 9.97 Å². The van der Waals surface area contributed by atoms with Crippen LogP contribution < -0.4 is 5.73 Å². The van der Waals surface area contributed by atoms with E-state index in [0.717, 1.165) is 21.4 Å². The maximum absolute atomic E-state index is 6.11. The fourth-order valence-electron chi connectivity index (χ4n) is 1.86. The molecule has 2 aromatic rings. The second-order valence-electron chi connectivity index (χ2n) is 5.40. The van der Waals surface area contributed by atoms with Gasteiger partial charge in [-0.15, -0.1) is 0 Å². The third-order valence-corrected chi connectivity index (χ3v) is 3.40. The van der Waals surface area contributed by atoms with E-state index in [9.17, 15) is 0 Å². The van der Waals surface area contributed by atoms with Crippen LogP contribution in [-0.2, 0) is 5.54 Å². The molecule has 3 nitrogen and oxygen atoms in total. The summed E-state index contributed by atoms with van der Waals surface area (Å²) in [5.41, 5.74) is 9.70. The predicted octanol–water partition coefficient (Wildman–Crippen LogP) is 3.72. The summed E-state index contributed by atoms with van der Waals surface area (Å²) in [5, 5.41) is 0. The van der Waals surface area contributed by atoms with E-state index in [-0.39, 0.29) is 0 Å². The lowest BCUT2D eigenvalue weighted by Crippen LogP contribution is -2.31. The molecule has 100 valence electrons.